The van der Waals surface area contributed by atoms with Gasteiger partial charge in [-0.3, -0.25) is 9.59 Å². The molecule has 0 aliphatic carbocycles. The number of aliphatic carboxylic acids is 1. The number of esters is 2. The molecule has 58 heavy (non-hydrogen) atoms. The Bertz CT molecular complexity index is 1260. The number of hydrogen-bond donors (Lipinski definition) is 0. The van der Waals surface area contributed by atoms with Gasteiger partial charge in [0.1, 0.15) is 12.6 Å². The summed E-state index contributed by atoms with van der Waals surface area (Å²) in [6.07, 6.45) is 53.1. The first-order valence-corrected chi connectivity index (χ1v) is 22.3. The molecular weight excluding hydrogens is 727 g/mol. The second kappa shape index (κ2) is 40.0. The van der Waals surface area contributed by atoms with Crippen LogP contribution in [0.5, 0.6) is 0 Å². The van der Waals surface area contributed by atoms with Gasteiger partial charge in [0.15, 0.2) is 6.10 Å². The molecule has 0 rings (SSSR count). The first kappa shape index (κ1) is 54.2. The van der Waals surface area contributed by atoms with Gasteiger partial charge in [0.2, 0.25) is 0 Å². The molecule has 0 saturated carbocycles. The van der Waals surface area contributed by atoms with Crippen LogP contribution in [0, 0.1) is 0 Å². The van der Waals surface area contributed by atoms with E-state index in [0.29, 0.717) is 12.8 Å². The van der Waals surface area contributed by atoms with E-state index >= 15 is 0 Å². The number of rotatable bonds is 38. The van der Waals surface area contributed by atoms with Gasteiger partial charge in [0, 0.05) is 19.3 Å². The van der Waals surface area contributed by atoms with Crippen molar-refractivity contribution in [2.24, 2.45) is 0 Å². The lowest BCUT2D eigenvalue weighted by Crippen LogP contribution is -2.55. The highest BCUT2D eigenvalue weighted by atomic mass is 16.6. The lowest BCUT2D eigenvalue weighted by atomic mass is 10.1. The van der Waals surface area contributed by atoms with E-state index in [2.05, 4.69) is 105 Å². The number of ether oxygens (including phenoxy) is 3. The summed E-state index contributed by atoms with van der Waals surface area (Å²) in [7, 11) is 5.36. The minimum absolute atomic E-state index is 0.00213. The molecule has 0 saturated heterocycles. The maximum atomic E-state index is 12.7. The summed E-state index contributed by atoms with van der Waals surface area (Å²) in [5.41, 5.74) is 0. The third kappa shape index (κ3) is 37.8. The molecule has 0 heterocycles. The number of quaternary nitrogens is 1. The van der Waals surface area contributed by atoms with Gasteiger partial charge in [-0.25, -0.2) is 0 Å². The highest BCUT2D eigenvalue weighted by Gasteiger charge is 2.25. The summed E-state index contributed by atoms with van der Waals surface area (Å²) in [6.45, 7) is 4.40. The fraction of sp³-hybridized carbons (Fsp3) is 0.620. The summed E-state index contributed by atoms with van der Waals surface area (Å²) in [5.74, 6) is -1.89. The van der Waals surface area contributed by atoms with Crippen LogP contribution in [0.25, 0.3) is 0 Å². The van der Waals surface area contributed by atoms with E-state index in [1.54, 1.807) is 21.1 Å². The zero-order valence-corrected chi connectivity index (χ0v) is 37.2. The van der Waals surface area contributed by atoms with Crippen molar-refractivity contribution in [3.63, 3.8) is 0 Å². The van der Waals surface area contributed by atoms with E-state index < -0.39 is 24.1 Å². The van der Waals surface area contributed by atoms with Gasteiger partial charge in [-0.2, -0.15) is 0 Å². The van der Waals surface area contributed by atoms with Crippen molar-refractivity contribution in [2.45, 2.75) is 161 Å². The molecular formula is C50H81NO7. The Morgan fingerprint density at radius 3 is 1.50 bits per heavy atom. The first-order chi connectivity index (χ1) is 28.1. The lowest BCUT2D eigenvalue weighted by Gasteiger charge is -2.34. The zero-order valence-electron chi connectivity index (χ0n) is 37.2. The minimum Gasteiger partial charge on any atom is -0.544 e. The van der Waals surface area contributed by atoms with Crippen LogP contribution in [0.1, 0.15) is 149 Å². The van der Waals surface area contributed by atoms with Crippen LogP contribution in [0.3, 0.4) is 0 Å². The molecule has 0 radical (unpaired) electrons. The van der Waals surface area contributed by atoms with Crippen LogP contribution >= 0.6 is 0 Å². The van der Waals surface area contributed by atoms with E-state index in [-0.39, 0.29) is 49.5 Å². The monoisotopic (exact) mass is 808 g/mol. The average molecular weight is 808 g/mol. The maximum Gasteiger partial charge on any atom is 0.306 e. The van der Waals surface area contributed by atoms with Gasteiger partial charge in [-0.15, -0.1) is 0 Å². The second-order valence-electron chi connectivity index (χ2n) is 15.5. The summed E-state index contributed by atoms with van der Waals surface area (Å²) >= 11 is 0. The van der Waals surface area contributed by atoms with Crippen molar-refractivity contribution in [1.29, 1.82) is 0 Å². The average Bonchev–Trinajstić information content (AvgIpc) is 3.18. The molecule has 0 aromatic rings. The topological polar surface area (TPSA) is 102 Å². The number of allylic oxidation sites excluding steroid dienone is 16. The second-order valence-corrected chi connectivity index (χ2v) is 15.5. The van der Waals surface area contributed by atoms with Crippen LogP contribution in [0.2, 0.25) is 0 Å². The normalized spacial score (nSPS) is 13.9. The summed E-state index contributed by atoms with van der Waals surface area (Å²) in [6, 6.07) is -0.746. The predicted molar refractivity (Wildman–Crippen MR) is 240 cm³/mol. The molecule has 0 spiro atoms. The minimum atomic E-state index is -1.14. The molecule has 0 amide bonds. The van der Waals surface area contributed by atoms with E-state index in [1.165, 1.54) is 38.5 Å². The largest absolute Gasteiger partial charge is 0.544 e. The van der Waals surface area contributed by atoms with Crippen LogP contribution in [0.4, 0.5) is 0 Å². The molecule has 0 aromatic heterocycles. The Hall–Kier alpha value is -3.75. The summed E-state index contributed by atoms with van der Waals surface area (Å²) in [4.78, 5) is 36.8. The molecule has 0 fully saturated rings. The van der Waals surface area contributed by atoms with Crippen LogP contribution in [0.15, 0.2) is 97.2 Å². The number of unbranched alkanes of at least 4 members (excludes halogenated alkanes) is 8. The Balaban J connectivity index is 4.48. The standard InChI is InChI=1S/C50H81NO7/c1-6-8-10-12-14-16-18-20-21-22-23-24-25-26-27-29-30-32-34-36-38-40-48(52)57-45-46(44-56-43-42-47(50(54)55)51(3,4)5)58-49(53)41-39-37-35-33-31-28-19-17-15-13-11-9-7-2/h8,10,14,16,20-21,23-24,26-28,30-32,35,37,46-47H,6-7,9,11-13,15,17-19,22,25,29,33-34,36,38-45H2,1-5H3/b10-8+,16-14+,21-20+,24-23+,27-26+,31-28+,32-30+,37-35+. The van der Waals surface area contributed by atoms with Gasteiger partial charge in [-0.05, 0) is 83.5 Å². The van der Waals surface area contributed by atoms with E-state index in [1.807, 2.05) is 6.08 Å². The van der Waals surface area contributed by atoms with Gasteiger partial charge in [-0.1, -0.05) is 143 Å². The Kier molecular flexibility index (Phi) is 37.5. The molecule has 0 aliphatic heterocycles. The number of hydrogen-bond acceptors (Lipinski definition) is 7. The summed E-state index contributed by atoms with van der Waals surface area (Å²) < 4.78 is 17.0. The molecule has 328 valence electrons. The number of likely N-dealkylation sites (N-methyl/N-ethyl adjacent to an activating group) is 1. The quantitative estimate of drug-likeness (QED) is 0.0265. The van der Waals surface area contributed by atoms with E-state index in [9.17, 15) is 19.5 Å². The van der Waals surface area contributed by atoms with Gasteiger partial charge in [0.25, 0.3) is 0 Å². The number of carboxylic acids is 1. The Morgan fingerprint density at radius 1 is 0.534 bits per heavy atom. The van der Waals surface area contributed by atoms with Crippen LogP contribution in [-0.4, -0.2) is 75.5 Å². The van der Waals surface area contributed by atoms with Crippen LogP contribution in [-0.2, 0) is 28.6 Å². The van der Waals surface area contributed by atoms with E-state index in [0.717, 1.165) is 64.2 Å². The van der Waals surface area contributed by atoms with Gasteiger partial charge < -0.3 is 28.6 Å². The molecule has 2 unspecified atom stereocenters. The van der Waals surface area contributed by atoms with Crippen molar-refractivity contribution >= 4 is 17.9 Å². The fourth-order valence-corrected chi connectivity index (χ4v) is 5.77. The molecule has 0 N–H and O–H groups in total. The van der Waals surface area contributed by atoms with Crippen molar-refractivity contribution < 1.29 is 38.2 Å². The number of carboxylic acid groups (broad SMARTS) is 1. The van der Waals surface area contributed by atoms with E-state index in [4.69, 9.17) is 14.2 Å². The number of nitrogens with zero attached hydrogens (tertiary/aromatic N) is 1. The van der Waals surface area contributed by atoms with Crippen molar-refractivity contribution in [3.05, 3.63) is 97.2 Å². The lowest BCUT2D eigenvalue weighted by molar-refractivity contribution is -0.889. The molecule has 0 bridgehead atoms. The van der Waals surface area contributed by atoms with Crippen molar-refractivity contribution in [3.8, 4) is 0 Å². The van der Waals surface area contributed by atoms with Gasteiger partial charge in [0.05, 0.1) is 40.3 Å². The third-order valence-corrected chi connectivity index (χ3v) is 9.22. The predicted octanol–water partition coefficient (Wildman–Crippen LogP) is 11.0. The smallest absolute Gasteiger partial charge is 0.306 e. The van der Waals surface area contributed by atoms with Gasteiger partial charge >= 0.3 is 11.9 Å². The van der Waals surface area contributed by atoms with Crippen molar-refractivity contribution in [1.82, 2.24) is 0 Å². The highest BCUT2D eigenvalue weighted by Crippen LogP contribution is 2.11. The molecule has 8 nitrogen and oxygen atoms in total. The third-order valence-electron chi connectivity index (χ3n) is 9.22. The maximum absolute atomic E-state index is 12.7. The molecule has 0 aromatic carbocycles. The first-order valence-electron chi connectivity index (χ1n) is 22.3. The number of carbonyl (C=O) groups excluding carboxylic acids is 3. The summed E-state index contributed by atoms with van der Waals surface area (Å²) in [5, 5.41) is 11.6. The number of carbonyl (C=O) groups is 3. The SMILES string of the molecule is CC/C=C/C/C=C/C/C=C/C/C=C/C/C=C/C/C=C/CCCCC(=O)OCC(COCCC(C(=O)[O-])[N+](C)(C)C)OC(=O)CC/C=C/C/C=C/CCCCCCCC. The fourth-order valence-electron chi connectivity index (χ4n) is 5.77. The highest BCUT2D eigenvalue weighted by molar-refractivity contribution is 5.70. The zero-order chi connectivity index (χ0) is 42.8. The molecule has 8 heteroatoms. The molecule has 2 atom stereocenters. The Labute approximate surface area is 354 Å². The van der Waals surface area contributed by atoms with Crippen LogP contribution < -0.4 is 5.11 Å². The molecule has 0 aliphatic rings. The van der Waals surface area contributed by atoms with Crippen molar-refractivity contribution in [2.75, 3.05) is 41.0 Å². The Morgan fingerprint density at radius 2 is 1.00 bits per heavy atom.